The zero-order chi connectivity index (χ0) is 17.9. The number of hydrogen-bond acceptors (Lipinski definition) is 5. The summed E-state index contributed by atoms with van der Waals surface area (Å²) in [6.45, 7) is 2.88. The highest BCUT2D eigenvalue weighted by atomic mass is 32.2. The van der Waals surface area contributed by atoms with Gasteiger partial charge in [0.1, 0.15) is 13.2 Å². The van der Waals surface area contributed by atoms with Crippen LogP contribution in [-0.4, -0.2) is 26.7 Å². The number of hydrazine groups is 1. The van der Waals surface area contributed by atoms with Crippen LogP contribution in [0.4, 0.5) is 5.69 Å². The summed E-state index contributed by atoms with van der Waals surface area (Å²) in [5.74, 6) is 1.27. The van der Waals surface area contributed by atoms with Crippen molar-refractivity contribution < 1.29 is 17.9 Å². The van der Waals surface area contributed by atoms with E-state index in [-0.39, 0.29) is 10.0 Å². The number of thiocarbonyl (C=S) groups is 1. The van der Waals surface area contributed by atoms with Crippen LogP contribution in [0.15, 0.2) is 47.4 Å². The molecule has 1 aliphatic rings. The van der Waals surface area contributed by atoms with E-state index in [1.807, 2.05) is 6.92 Å². The molecule has 0 aromatic heterocycles. The molecule has 3 N–H and O–H groups in total. The lowest BCUT2D eigenvalue weighted by molar-refractivity contribution is 0.171. The Morgan fingerprint density at radius 3 is 2.44 bits per heavy atom. The number of benzene rings is 2. The minimum atomic E-state index is -3.71. The highest BCUT2D eigenvalue weighted by Crippen LogP contribution is 2.32. The topological polar surface area (TPSA) is 88.7 Å². The summed E-state index contributed by atoms with van der Waals surface area (Å²) in [5.41, 5.74) is 4.10. The number of anilines is 1. The first kappa shape index (κ1) is 17.5. The van der Waals surface area contributed by atoms with Crippen molar-refractivity contribution in [3.63, 3.8) is 0 Å². The molecule has 25 heavy (non-hydrogen) atoms. The van der Waals surface area contributed by atoms with Crippen LogP contribution in [0, 0.1) is 6.92 Å². The minimum absolute atomic E-state index is 0.104. The van der Waals surface area contributed by atoms with Crippen LogP contribution in [0.25, 0.3) is 0 Å². The summed E-state index contributed by atoms with van der Waals surface area (Å²) >= 11 is 5.11. The van der Waals surface area contributed by atoms with E-state index in [4.69, 9.17) is 21.7 Å². The second kappa shape index (κ2) is 7.26. The van der Waals surface area contributed by atoms with Gasteiger partial charge in [-0.3, -0.25) is 5.43 Å². The first-order valence-corrected chi connectivity index (χ1v) is 9.38. The van der Waals surface area contributed by atoms with Gasteiger partial charge in [0.25, 0.3) is 10.0 Å². The lowest BCUT2D eigenvalue weighted by atomic mass is 10.2. The van der Waals surface area contributed by atoms with Crippen LogP contribution in [0.5, 0.6) is 11.5 Å². The largest absolute Gasteiger partial charge is 0.486 e. The highest BCUT2D eigenvalue weighted by Gasteiger charge is 2.15. The van der Waals surface area contributed by atoms with Crippen molar-refractivity contribution in [2.24, 2.45) is 0 Å². The average molecular weight is 379 g/mol. The fourth-order valence-electron chi connectivity index (χ4n) is 2.17. The maximum absolute atomic E-state index is 12.2. The second-order valence-electron chi connectivity index (χ2n) is 5.36. The molecule has 9 heteroatoms. The molecule has 0 saturated carbocycles. The van der Waals surface area contributed by atoms with Crippen LogP contribution in [-0.2, 0) is 10.0 Å². The molecule has 132 valence electrons. The van der Waals surface area contributed by atoms with E-state index < -0.39 is 10.0 Å². The smallest absolute Gasteiger partial charge is 0.257 e. The van der Waals surface area contributed by atoms with Gasteiger partial charge in [-0.25, -0.2) is 8.42 Å². The normalized spacial score (nSPS) is 13.2. The quantitative estimate of drug-likeness (QED) is 0.553. The Morgan fingerprint density at radius 1 is 1.04 bits per heavy atom. The van der Waals surface area contributed by atoms with Crippen molar-refractivity contribution in [1.82, 2.24) is 10.3 Å². The third kappa shape index (κ3) is 4.38. The first-order valence-electron chi connectivity index (χ1n) is 7.49. The average Bonchev–Trinajstić information content (AvgIpc) is 2.60. The molecule has 2 aromatic rings. The number of hydrogen-bond donors (Lipinski definition) is 3. The first-order chi connectivity index (χ1) is 11.9. The van der Waals surface area contributed by atoms with E-state index in [0.717, 1.165) is 5.56 Å². The lowest BCUT2D eigenvalue weighted by Gasteiger charge is -2.19. The van der Waals surface area contributed by atoms with Gasteiger partial charge in [-0.2, -0.15) is 0 Å². The van der Waals surface area contributed by atoms with E-state index >= 15 is 0 Å². The number of fused-ring (bicyclic) bond motifs is 1. The SMILES string of the molecule is Cc1ccc(S(=O)(=O)NNC(=S)Nc2ccc3c(c2)OCCO3)cc1. The van der Waals surface area contributed by atoms with Gasteiger partial charge in [-0.15, -0.1) is 4.83 Å². The van der Waals surface area contributed by atoms with Crippen molar-refractivity contribution in [3.05, 3.63) is 48.0 Å². The summed E-state index contributed by atoms with van der Waals surface area (Å²) in [5, 5.41) is 2.99. The fraction of sp³-hybridized carbons (Fsp3) is 0.188. The predicted octanol–water partition coefficient (Wildman–Crippen LogP) is 1.95. The van der Waals surface area contributed by atoms with Crippen molar-refractivity contribution in [2.45, 2.75) is 11.8 Å². The fourth-order valence-corrected chi connectivity index (χ4v) is 3.26. The monoisotopic (exact) mass is 379 g/mol. The standard InChI is InChI=1S/C16H17N3O4S2/c1-11-2-5-13(6-3-11)25(20,21)19-18-16(24)17-12-4-7-14-15(10-12)23-9-8-22-14/h2-7,10,19H,8-9H2,1H3,(H2,17,18,24). The number of ether oxygens (including phenoxy) is 2. The van der Waals surface area contributed by atoms with Crippen LogP contribution in [0.1, 0.15) is 5.56 Å². The van der Waals surface area contributed by atoms with E-state index in [1.54, 1.807) is 30.3 Å². The van der Waals surface area contributed by atoms with Crippen LogP contribution >= 0.6 is 12.2 Å². The van der Waals surface area contributed by atoms with E-state index in [0.29, 0.717) is 30.4 Å². The molecule has 0 atom stereocenters. The maximum atomic E-state index is 12.2. The number of nitrogens with one attached hydrogen (secondary N) is 3. The molecule has 1 heterocycles. The highest BCUT2D eigenvalue weighted by molar-refractivity contribution is 7.89. The molecule has 1 aliphatic heterocycles. The number of aryl methyl sites for hydroxylation is 1. The molecular weight excluding hydrogens is 362 g/mol. The Bertz CT molecular complexity index is 883. The van der Waals surface area contributed by atoms with Gasteiger partial charge in [0.05, 0.1) is 4.90 Å². The summed E-state index contributed by atoms with van der Waals surface area (Å²) in [4.78, 5) is 2.39. The molecule has 7 nitrogen and oxygen atoms in total. The number of rotatable bonds is 4. The van der Waals surface area contributed by atoms with Gasteiger partial charge in [-0.1, -0.05) is 17.7 Å². The van der Waals surface area contributed by atoms with E-state index in [2.05, 4.69) is 15.6 Å². The molecule has 0 spiro atoms. The Balaban J connectivity index is 1.60. The lowest BCUT2D eigenvalue weighted by Crippen LogP contribution is -2.43. The molecule has 2 aromatic carbocycles. The Hall–Kier alpha value is -2.36. The van der Waals surface area contributed by atoms with Crippen molar-refractivity contribution >= 4 is 33.0 Å². The van der Waals surface area contributed by atoms with Crippen LogP contribution in [0.3, 0.4) is 0 Å². The van der Waals surface area contributed by atoms with Crippen LogP contribution in [0.2, 0.25) is 0 Å². The van der Waals surface area contributed by atoms with E-state index in [9.17, 15) is 8.42 Å². The zero-order valence-electron chi connectivity index (χ0n) is 13.4. The van der Waals surface area contributed by atoms with Gasteiger partial charge in [0.2, 0.25) is 0 Å². The van der Waals surface area contributed by atoms with Crippen LogP contribution < -0.4 is 25.0 Å². The molecule has 3 rings (SSSR count). The Morgan fingerprint density at radius 2 is 1.72 bits per heavy atom. The molecule has 0 aliphatic carbocycles. The van der Waals surface area contributed by atoms with Gasteiger partial charge >= 0.3 is 0 Å². The van der Waals surface area contributed by atoms with E-state index in [1.165, 1.54) is 12.1 Å². The molecule has 0 saturated heterocycles. The molecule has 0 fully saturated rings. The molecule has 0 unspecified atom stereocenters. The number of sulfonamides is 1. The predicted molar refractivity (Wildman–Crippen MR) is 98.3 cm³/mol. The van der Waals surface area contributed by atoms with Crippen molar-refractivity contribution in [2.75, 3.05) is 18.5 Å². The van der Waals surface area contributed by atoms with Crippen molar-refractivity contribution in [3.8, 4) is 11.5 Å². The summed E-state index contributed by atoms with van der Waals surface area (Å²) in [7, 11) is -3.71. The summed E-state index contributed by atoms with van der Waals surface area (Å²) < 4.78 is 35.3. The molecule has 0 radical (unpaired) electrons. The van der Waals surface area contributed by atoms with Gasteiger partial charge in [0.15, 0.2) is 16.6 Å². The van der Waals surface area contributed by atoms with Gasteiger partial charge < -0.3 is 14.8 Å². The van der Waals surface area contributed by atoms with Gasteiger partial charge in [0, 0.05) is 11.8 Å². The molecular formula is C16H17N3O4S2. The Kier molecular flexibility index (Phi) is 5.07. The second-order valence-corrected chi connectivity index (χ2v) is 7.45. The Labute approximate surface area is 151 Å². The summed E-state index contributed by atoms with van der Waals surface area (Å²) in [6, 6.07) is 11.7. The maximum Gasteiger partial charge on any atom is 0.257 e. The minimum Gasteiger partial charge on any atom is -0.486 e. The van der Waals surface area contributed by atoms with Gasteiger partial charge in [-0.05, 0) is 43.4 Å². The third-order valence-corrected chi connectivity index (χ3v) is 4.90. The molecule has 0 amide bonds. The third-order valence-electron chi connectivity index (χ3n) is 3.43. The zero-order valence-corrected chi connectivity index (χ0v) is 15.0. The van der Waals surface area contributed by atoms with Crippen molar-refractivity contribution in [1.29, 1.82) is 0 Å². The molecule has 0 bridgehead atoms. The summed E-state index contributed by atoms with van der Waals surface area (Å²) in [6.07, 6.45) is 0.